The quantitative estimate of drug-likeness (QED) is 0.285. The van der Waals surface area contributed by atoms with Gasteiger partial charge in [0, 0.05) is 29.7 Å². The highest BCUT2D eigenvalue weighted by molar-refractivity contribution is 6.06. The number of ketones is 1. The van der Waals surface area contributed by atoms with Crippen LogP contribution >= 0.6 is 0 Å². The normalized spacial score (nSPS) is 18.4. The number of hydrogen-bond acceptors (Lipinski definition) is 5. The SMILES string of the molecule is CCCCCC(=O)N1c2ccccc2NC2=C(C(=O)CC(c3ccc(OC)cc3)C2)C1c1ccccc1OCC. The van der Waals surface area contributed by atoms with E-state index in [9.17, 15) is 9.59 Å². The molecular formula is C34H38N2O4. The molecule has 6 nitrogen and oxygen atoms in total. The molecule has 0 radical (unpaired) electrons. The summed E-state index contributed by atoms with van der Waals surface area (Å²) in [6.45, 7) is 4.57. The van der Waals surface area contributed by atoms with Crippen LogP contribution in [0.25, 0.3) is 0 Å². The minimum absolute atomic E-state index is 0.0119. The molecule has 6 heteroatoms. The van der Waals surface area contributed by atoms with Gasteiger partial charge in [0.2, 0.25) is 5.91 Å². The number of methoxy groups -OCH3 is 1. The number of benzene rings is 3. The third-order valence-corrected chi connectivity index (χ3v) is 7.85. The van der Waals surface area contributed by atoms with Gasteiger partial charge in [-0.2, -0.15) is 0 Å². The molecule has 0 saturated heterocycles. The fourth-order valence-corrected chi connectivity index (χ4v) is 5.91. The van der Waals surface area contributed by atoms with Crippen LogP contribution in [0.3, 0.4) is 0 Å². The van der Waals surface area contributed by atoms with Crippen molar-refractivity contribution in [3.63, 3.8) is 0 Å². The molecule has 1 N–H and O–H groups in total. The topological polar surface area (TPSA) is 67.9 Å². The van der Waals surface area contributed by atoms with Gasteiger partial charge in [-0.15, -0.1) is 0 Å². The van der Waals surface area contributed by atoms with Gasteiger partial charge in [-0.25, -0.2) is 0 Å². The van der Waals surface area contributed by atoms with Gasteiger partial charge in [-0.3, -0.25) is 14.5 Å². The largest absolute Gasteiger partial charge is 0.497 e. The smallest absolute Gasteiger partial charge is 0.227 e. The number of amides is 1. The predicted octanol–water partition coefficient (Wildman–Crippen LogP) is 7.57. The Balaban J connectivity index is 1.67. The number of Topliss-reactive ketones (excluding diaryl/α,β-unsaturated/α-hetero) is 1. The molecule has 2 atom stereocenters. The highest BCUT2D eigenvalue weighted by atomic mass is 16.5. The summed E-state index contributed by atoms with van der Waals surface area (Å²) in [4.78, 5) is 30.2. The Hall–Kier alpha value is -4.06. The molecule has 0 spiro atoms. The van der Waals surface area contributed by atoms with Crippen LogP contribution in [-0.2, 0) is 9.59 Å². The molecule has 1 aliphatic carbocycles. The van der Waals surface area contributed by atoms with Crippen molar-refractivity contribution in [3.05, 3.63) is 95.2 Å². The van der Waals surface area contributed by atoms with Gasteiger partial charge in [-0.05, 0) is 61.6 Å². The summed E-state index contributed by atoms with van der Waals surface area (Å²) in [5.74, 6) is 1.56. The molecule has 3 aromatic carbocycles. The van der Waals surface area contributed by atoms with Gasteiger partial charge in [-0.1, -0.05) is 62.2 Å². The molecule has 0 saturated carbocycles. The van der Waals surface area contributed by atoms with Crippen molar-refractivity contribution in [2.75, 3.05) is 23.9 Å². The molecule has 1 amide bonds. The van der Waals surface area contributed by atoms with E-state index in [1.54, 1.807) is 7.11 Å². The van der Waals surface area contributed by atoms with Crippen molar-refractivity contribution in [3.8, 4) is 11.5 Å². The molecule has 0 aromatic heterocycles. The van der Waals surface area contributed by atoms with Gasteiger partial charge in [0.25, 0.3) is 0 Å². The van der Waals surface area contributed by atoms with E-state index in [1.807, 2.05) is 84.6 Å². The molecule has 0 fully saturated rings. The number of hydrogen-bond donors (Lipinski definition) is 1. The Bertz CT molecular complexity index is 1400. The average Bonchev–Trinajstić information content (AvgIpc) is 3.12. The van der Waals surface area contributed by atoms with E-state index in [4.69, 9.17) is 9.47 Å². The standard InChI is InChI=1S/C34H38N2O4/c1-4-6-7-16-32(38)36-29-14-10-9-13-27(29)35-28-21-24(23-17-19-25(39-3)20-18-23)22-30(37)33(28)34(36)26-12-8-11-15-31(26)40-5-2/h8-15,17-20,24,34-35H,4-7,16,21-22H2,1-3H3. The summed E-state index contributed by atoms with van der Waals surface area (Å²) >= 11 is 0. The van der Waals surface area contributed by atoms with E-state index in [1.165, 1.54) is 0 Å². The number of anilines is 2. The van der Waals surface area contributed by atoms with Gasteiger partial charge in [0.1, 0.15) is 11.5 Å². The molecule has 1 aliphatic heterocycles. The first-order valence-corrected chi connectivity index (χ1v) is 14.4. The Morgan fingerprint density at radius 2 is 1.70 bits per heavy atom. The zero-order valence-electron chi connectivity index (χ0n) is 23.6. The van der Waals surface area contributed by atoms with E-state index in [-0.39, 0.29) is 17.6 Å². The van der Waals surface area contributed by atoms with E-state index in [0.717, 1.165) is 53.2 Å². The zero-order chi connectivity index (χ0) is 28.1. The summed E-state index contributed by atoms with van der Waals surface area (Å²) in [6.07, 6.45) is 4.27. The second kappa shape index (κ2) is 12.4. The maximum Gasteiger partial charge on any atom is 0.227 e. The summed E-state index contributed by atoms with van der Waals surface area (Å²) in [7, 11) is 1.65. The molecule has 40 heavy (non-hydrogen) atoms. The number of carbonyl (C=O) groups is 2. The van der Waals surface area contributed by atoms with Crippen LogP contribution in [0.2, 0.25) is 0 Å². The lowest BCUT2D eigenvalue weighted by atomic mass is 9.78. The summed E-state index contributed by atoms with van der Waals surface area (Å²) in [5, 5.41) is 3.62. The molecule has 1 heterocycles. The van der Waals surface area contributed by atoms with E-state index in [2.05, 4.69) is 12.2 Å². The minimum Gasteiger partial charge on any atom is -0.497 e. The van der Waals surface area contributed by atoms with Gasteiger partial charge in [0.15, 0.2) is 5.78 Å². The van der Waals surface area contributed by atoms with Crippen LogP contribution in [0.1, 0.15) is 75.5 Å². The molecule has 208 valence electrons. The van der Waals surface area contributed by atoms with Crippen molar-refractivity contribution in [1.82, 2.24) is 0 Å². The molecular weight excluding hydrogens is 500 g/mol. The second-order valence-corrected chi connectivity index (χ2v) is 10.4. The van der Waals surface area contributed by atoms with Gasteiger partial charge in [0.05, 0.1) is 31.1 Å². The zero-order valence-corrected chi connectivity index (χ0v) is 23.6. The van der Waals surface area contributed by atoms with Crippen LogP contribution in [0.4, 0.5) is 11.4 Å². The maximum absolute atomic E-state index is 14.2. The average molecular weight is 539 g/mol. The van der Waals surface area contributed by atoms with Crippen LogP contribution < -0.4 is 19.7 Å². The number of nitrogens with one attached hydrogen (secondary N) is 1. The van der Waals surface area contributed by atoms with Crippen molar-refractivity contribution in [2.24, 2.45) is 0 Å². The highest BCUT2D eigenvalue weighted by Gasteiger charge is 2.42. The highest BCUT2D eigenvalue weighted by Crippen LogP contribution is 2.49. The number of unbranched alkanes of at least 4 members (excludes halogenated alkanes) is 2. The lowest BCUT2D eigenvalue weighted by Crippen LogP contribution is -2.38. The van der Waals surface area contributed by atoms with Crippen LogP contribution in [0, 0.1) is 0 Å². The minimum atomic E-state index is -0.590. The number of nitrogens with zero attached hydrogens (tertiary/aromatic N) is 1. The summed E-state index contributed by atoms with van der Waals surface area (Å²) < 4.78 is 11.4. The van der Waals surface area contributed by atoms with E-state index >= 15 is 0 Å². The van der Waals surface area contributed by atoms with Gasteiger partial charge >= 0.3 is 0 Å². The van der Waals surface area contributed by atoms with Crippen molar-refractivity contribution < 1.29 is 19.1 Å². The fraction of sp³-hybridized carbons (Fsp3) is 0.353. The molecule has 2 aliphatic rings. The Labute approximate surface area is 237 Å². The summed E-state index contributed by atoms with van der Waals surface area (Å²) in [5.41, 5.74) is 5.05. The Morgan fingerprint density at radius 1 is 0.950 bits per heavy atom. The number of carbonyl (C=O) groups excluding carboxylic acids is 2. The van der Waals surface area contributed by atoms with Crippen molar-refractivity contribution in [2.45, 2.75) is 64.3 Å². The van der Waals surface area contributed by atoms with Crippen LogP contribution in [0.15, 0.2) is 84.1 Å². The van der Waals surface area contributed by atoms with Crippen LogP contribution in [0.5, 0.6) is 11.5 Å². The third kappa shape index (κ3) is 5.48. The number of para-hydroxylation sites is 3. The number of ether oxygens (including phenoxy) is 2. The molecule has 2 unspecified atom stereocenters. The van der Waals surface area contributed by atoms with Crippen molar-refractivity contribution >= 4 is 23.1 Å². The Morgan fingerprint density at radius 3 is 2.45 bits per heavy atom. The van der Waals surface area contributed by atoms with E-state index in [0.29, 0.717) is 37.2 Å². The lowest BCUT2D eigenvalue weighted by molar-refractivity contribution is -0.119. The number of fused-ring (bicyclic) bond motifs is 1. The monoisotopic (exact) mass is 538 g/mol. The van der Waals surface area contributed by atoms with Crippen molar-refractivity contribution in [1.29, 1.82) is 0 Å². The molecule has 5 rings (SSSR count). The first-order valence-electron chi connectivity index (χ1n) is 14.4. The predicted molar refractivity (Wildman–Crippen MR) is 159 cm³/mol. The second-order valence-electron chi connectivity index (χ2n) is 10.4. The summed E-state index contributed by atoms with van der Waals surface area (Å²) in [6, 6.07) is 23.1. The molecule has 0 bridgehead atoms. The number of rotatable bonds is 9. The fourth-order valence-electron chi connectivity index (χ4n) is 5.91. The Kier molecular flexibility index (Phi) is 8.54. The first kappa shape index (κ1) is 27.5. The number of allylic oxidation sites excluding steroid dienone is 1. The maximum atomic E-state index is 14.2. The molecule has 3 aromatic rings. The lowest BCUT2D eigenvalue weighted by Gasteiger charge is -2.36. The van der Waals surface area contributed by atoms with E-state index < -0.39 is 6.04 Å². The third-order valence-electron chi connectivity index (χ3n) is 7.85. The first-order chi connectivity index (χ1) is 19.5. The van der Waals surface area contributed by atoms with Gasteiger partial charge < -0.3 is 14.8 Å². The van der Waals surface area contributed by atoms with Crippen LogP contribution in [-0.4, -0.2) is 25.4 Å².